The molecule has 0 amide bonds. The first-order chi connectivity index (χ1) is 7.20. The van der Waals surface area contributed by atoms with Crippen molar-refractivity contribution >= 4 is 0 Å². The monoisotopic (exact) mass is 215 g/mol. The number of nitrogens with one attached hydrogen (secondary N) is 1. The van der Waals surface area contributed by atoms with E-state index >= 15 is 0 Å². The molecule has 1 atom stereocenters. The van der Waals surface area contributed by atoms with E-state index < -0.39 is 0 Å². The molecule has 0 spiro atoms. The maximum Gasteiger partial charge on any atom is 0.0611 e. The molecule has 0 aromatic rings. The molecule has 0 saturated heterocycles. The Balaban J connectivity index is 2.06. The Labute approximate surface area is 93.2 Å². The summed E-state index contributed by atoms with van der Waals surface area (Å²) >= 11 is 0. The van der Waals surface area contributed by atoms with Crippen LogP contribution in [0.4, 0.5) is 0 Å². The van der Waals surface area contributed by atoms with Crippen molar-refractivity contribution in [1.82, 2.24) is 5.32 Å². The summed E-state index contributed by atoms with van der Waals surface area (Å²) in [5.74, 6) is 0.828. The first-order valence-corrected chi connectivity index (χ1v) is 6.14. The third kappa shape index (κ3) is 5.50. The van der Waals surface area contributed by atoms with Crippen LogP contribution in [0.25, 0.3) is 0 Å². The van der Waals surface area contributed by atoms with Gasteiger partial charge >= 0.3 is 0 Å². The van der Waals surface area contributed by atoms with Gasteiger partial charge in [-0.05, 0) is 45.1 Å². The summed E-state index contributed by atoms with van der Waals surface area (Å²) in [6, 6.07) is 0. The smallest absolute Gasteiger partial charge is 0.0611 e. The lowest BCUT2D eigenvalue weighted by atomic mass is 9.99. The second-order valence-electron chi connectivity index (χ2n) is 4.91. The molecule has 90 valence electrons. The Kier molecular flexibility index (Phi) is 5.58. The average molecular weight is 215 g/mol. The van der Waals surface area contributed by atoms with Gasteiger partial charge in [-0.15, -0.1) is 0 Å². The zero-order chi connectivity index (χ0) is 11.1. The lowest BCUT2D eigenvalue weighted by molar-refractivity contribution is 0.0814. The van der Waals surface area contributed by atoms with Gasteiger partial charge in [0, 0.05) is 18.8 Å². The SMILES string of the molecule is CCCNC(C)(CO)CCOCC1CC1. The van der Waals surface area contributed by atoms with Gasteiger partial charge in [0.25, 0.3) is 0 Å². The zero-order valence-corrected chi connectivity index (χ0v) is 10.1. The van der Waals surface area contributed by atoms with E-state index in [4.69, 9.17) is 4.74 Å². The number of ether oxygens (including phenoxy) is 1. The third-order valence-electron chi connectivity index (χ3n) is 3.00. The van der Waals surface area contributed by atoms with Gasteiger partial charge in [-0.3, -0.25) is 0 Å². The van der Waals surface area contributed by atoms with Gasteiger partial charge in [0.15, 0.2) is 0 Å². The average Bonchev–Trinajstić information content (AvgIpc) is 3.05. The molecule has 1 aliphatic carbocycles. The van der Waals surface area contributed by atoms with E-state index in [9.17, 15) is 5.11 Å². The van der Waals surface area contributed by atoms with E-state index in [0.29, 0.717) is 0 Å². The molecule has 3 heteroatoms. The van der Waals surface area contributed by atoms with Crippen LogP contribution in [0.1, 0.15) is 39.5 Å². The fourth-order valence-electron chi connectivity index (χ4n) is 1.48. The van der Waals surface area contributed by atoms with Gasteiger partial charge in [-0.2, -0.15) is 0 Å². The van der Waals surface area contributed by atoms with Gasteiger partial charge in [0.05, 0.1) is 6.61 Å². The minimum atomic E-state index is -0.167. The molecular weight excluding hydrogens is 190 g/mol. The van der Waals surface area contributed by atoms with Crippen molar-refractivity contribution in [3.8, 4) is 0 Å². The summed E-state index contributed by atoms with van der Waals surface area (Å²) in [6.07, 6.45) is 4.66. The summed E-state index contributed by atoms with van der Waals surface area (Å²) in [5.41, 5.74) is -0.167. The van der Waals surface area contributed by atoms with E-state index in [0.717, 1.165) is 38.5 Å². The minimum absolute atomic E-state index is 0.167. The quantitative estimate of drug-likeness (QED) is 0.573. The lowest BCUT2D eigenvalue weighted by Crippen LogP contribution is -2.46. The number of hydrogen-bond donors (Lipinski definition) is 2. The Hall–Kier alpha value is -0.120. The van der Waals surface area contributed by atoms with Crippen molar-refractivity contribution in [2.75, 3.05) is 26.4 Å². The van der Waals surface area contributed by atoms with Gasteiger partial charge < -0.3 is 15.2 Å². The molecule has 0 heterocycles. The van der Waals surface area contributed by atoms with Crippen LogP contribution in [0.3, 0.4) is 0 Å². The fraction of sp³-hybridized carbons (Fsp3) is 1.00. The normalized spacial score (nSPS) is 20.2. The Morgan fingerprint density at radius 3 is 2.73 bits per heavy atom. The highest BCUT2D eigenvalue weighted by Gasteiger charge is 2.24. The molecule has 1 fully saturated rings. The molecule has 1 saturated carbocycles. The van der Waals surface area contributed by atoms with Gasteiger partial charge in [-0.1, -0.05) is 6.92 Å². The predicted octanol–water partition coefficient (Wildman–Crippen LogP) is 1.55. The molecule has 3 nitrogen and oxygen atoms in total. The number of aliphatic hydroxyl groups is 1. The van der Waals surface area contributed by atoms with Crippen LogP contribution in [-0.2, 0) is 4.74 Å². The standard InChI is InChI=1S/C12H25NO2/c1-3-7-13-12(2,10-14)6-8-15-9-11-4-5-11/h11,13-14H,3-10H2,1-2H3. The predicted molar refractivity (Wildman–Crippen MR) is 61.9 cm³/mol. The van der Waals surface area contributed by atoms with Crippen LogP contribution in [0.2, 0.25) is 0 Å². The molecule has 2 N–H and O–H groups in total. The molecule has 15 heavy (non-hydrogen) atoms. The molecule has 1 rings (SSSR count). The summed E-state index contributed by atoms with van der Waals surface area (Å²) < 4.78 is 5.58. The molecule has 0 radical (unpaired) electrons. The molecule has 0 aliphatic heterocycles. The van der Waals surface area contributed by atoms with Crippen LogP contribution in [0, 0.1) is 5.92 Å². The molecule has 1 unspecified atom stereocenters. The van der Waals surface area contributed by atoms with Crippen LogP contribution >= 0.6 is 0 Å². The largest absolute Gasteiger partial charge is 0.394 e. The van der Waals surface area contributed by atoms with E-state index in [1.54, 1.807) is 0 Å². The molecule has 0 aromatic heterocycles. The maximum absolute atomic E-state index is 9.31. The van der Waals surface area contributed by atoms with Crippen molar-refractivity contribution in [2.45, 2.75) is 45.1 Å². The topological polar surface area (TPSA) is 41.5 Å². The van der Waals surface area contributed by atoms with Crippen molar-refractivity contribution in [1.29, 1.82) is 0 Å². The van der Waals surface area contributed by atoms with Crippen molar-refractivity contribution in [3.63, 3.8) is 0 Å². The summed E-state index contributed by atoms with van der Waals surface area (Å²) in [7, 11) is 0. The highest BCUT2D eigenvalue weighted by atomic mass is 16.5. The number of aliphatic hydroxyl groups excluding tert-OH is 1. The number of rotatable bonds is 9. The molecule has 1 aliphatic rings. The fourth-order valence-corrected chi connectivity index (χ4v) is 1.48. The Bertz CT molecular complexity index is 171. The van der Waals surface area contributed by atoms with Crippen LogP contribution < -0.4 is 5.32 Å². The van der Waals surface area contributed by atoms with E-state index in [1.165, 1.54) is 12.8 Å². The van der Waals surface area contributed by atoms with E-state index in [2.05, 4.69) is 19.2 Å². The summed E-state index contributed by atoms with van der Waals surface area (Å²) in [6.45, 7) is 7.00. The molecular formula is C12H25NO2. The summed E-state index contributed by atoms with van der Waals surface area (Å²) in [4.78, 5) is 0. The first kappa shape index (κ1) is 12.9. The summed E-state index contributed by atoms with van der Waals surface area (Å²) in [5, 5.41) is 12.7. The van der Waals surface area contributed by atoms with Gasteiger partial charge in [0.2, 0.25) is 0 Å². The van der Waals surface area contributed by atoms with E-state index in [-0.39, 0.29) is 12.1 Å². The van der Waals surface area contributed by atoms with Crippen LogP contribution in [0.15, 0.2) is 0 Å². The van der Waals surface area contributed by atoms with E-state index in [1.807, 2.05) is 0 Å². The van der Waals surface area contributed by atoms with Gasteiger partial charge in [0.1, 0.15) is 0 Å². The molecule has 0 aromatic carbocycles. The highest BCUT2D eigenvalue weighted by Crippen LogP contribution is 2.28. The highest BCUT2D eigenvalue weighted by molar-refractivity contribution is 4.82. The maximum atomic E-state index is 9.31. The Morgan fingerprint density at radius 1 is 1.47 bits per heavy atom. The van der Waals surface area contributed by atoms with Crippen LogP contribution in [0.5, 0.6) is 0 Å². The molecule has 0 bridgehead atoms. The van der Waals surface area contributed by atoms with Crippen molar-refractivity contribution in [3.05, 3.63) is 0 Å². The lowest BCUT2D eigenvalue weighted by Gasteiger charge is -2.28. The third-order valence-corrected chi connectivity index (χ3v) is 3.00. The second-order valence-corrected chi connectivity index (χ2v) is 4.91. The first-order valence-electron chi connectivity index (χ1n) is 6.14. The van der Waals surface area contributed by atoms with Crippen molar-refractivity contribution in [2.24, 2.45) is 5.92 Å². The zero-order valence-electron chi connectivity index (χ0n) is 10.1. The minimum Gasteiger partial charge on any atom is -0.394 e. The van der Waals surface area contributed by atoms with Gasteiger partial charge in [-0.25, -0.2) is 0 Å². The van der Waals surface area contributed by atoms with Crippen LogP contribution in [-0.4, -0.2) is 37.0 Å². The van der Waals surface area contributed by atoms with Crippen molar-refractivity contribution < 1.29 is 9.84 Å². The number of hydrogen-bond acceptors (Lipinski definition) is 3. The Morgan fingerprint density at radius 2 is 2.20 bits per heavy atom. The second kappa shape index (κ2) is 6.46.